The van der Waals surface area contributed by atoms with Gasteiger partial charge in [-0.1, -0.05) is 0 Å². The molecule has 0 aliphatic heterocycles. The zero-order valence-corrected chi connectivity index (χ0v) is 9.44. The minimum absolute atomic E-state index is 0.226. The van der Waals surface area contributed by atoms with Crippen LogP contribution in [-0.2, 0) is 14.3 Å². The van der Waals surface area contributed by atoms with Crippen LogP contribution in [0.2, 0.25) is 0 Å². The third kappa shape index (κ3) is 7.16. The van der Waals surface area contributed by atoms with E-state index in [0.717, 1.165) is 0 Å². The van der Waals surface area contributed by atoms with Crippen molar-refractivity contribution in [2.75, 3.05) is 46.4 Å². The van der Waals surface area contributed by atoms with Crippen LogP contribution in [0.3, 0.4) is 0 Å². The SMILES string of the molecule is CNCCN(CCN)C(=O)COCC(=O)O. The summed E-state index contributed by atoms with van der Waals surface area (Å²) in [7, 11) is 1.78. The quantitative estimate of drug-likeness (QED) is 0.429. The van der Waals surface area contributed by atoms with Gasteiger partial charge in [-0.3, -0.25) is 4.79 Å². The van der Waals surface area contributed by atoms with Gasteiger partial charge in [0.15, 0.2) is 0 Å². The number of likely N-dealkylation sites (N-methyl/N-ethyl adjacent to an activating group) is 1. The van der Waals surface area contributed by atoms with Gasteiger partial charge in [0.25, 0.3) is 0 Å². The second-order valence-electron chi connectivity index (χ2n) is 3.16. The molecule has 1 amide bonds. The largest absolute Gasteiger partial charge is 0.480 e. The summed E-state index contributed by atoms with van der Waals surface area (Å²) < 4.78 is 4.71. The second-order valence-corrected chi connectivity index (χ2v) is 3.16. The van der Waals surface area contributed by atoms with E-state index in [2.05, 4.69) is 5.32 Å². The molecule has 0 radical (unpaired) electrons. The highest BCUT2D eigenvalue weighted by Crippen LogP contribution is 1.90. The summed E-state index contributed by atoms with van der Waals surface area (Å²) in [5.74, 6) is -1.34. The van der Waals surface area contributed by atoms with Crippen LogP contribution in [0.4, 0.5) is 0 Å². The third-order valence-corrected chi connectivity index (χ3v) is 1.83. The predicted octanol–water partition coefficient (Wildman–Crippen LogP) is -1.91. The van der Waals surface area contributed by atoms with Crippen LogP contribution in [0.5, 0.6) is 0 Å². The van der Waals surface area contributed by atoms with Crippen molar-refractivity contribution in [2.45, 2.75) is 0 Å². The van der Waals surface area contributed by atoms with Crippen LogP contribution in [0.15, 0.2) is 0 Å². The highest BCUT2D eigenvalue weighted by molar-refractivity contribution is 5.78. The fourth-order valence-corrected chi connectivity index (χ4v) is 1.08. The van der Waals surface area contributed by atoms with Gasteiger partial charge in [-0.05, 0) is 7.05 Å². The summed E-state index contributed by atoms with van der Waals surface area (Å²) in [6.45, 7) is 1.31. The van der Waals surface area contributed by atoms with Crippen LogP contribution in [0, 0.1) is 0 Å². The standard InChI is InChI=1S/C9H19N3O4/c1-11-3-5-12(4-2-10)8(13)6-16-7-9(14)15/h11H,2-7,10H2,1H3,(H,14,15). The first-order valence-electron chi connectivity index (χ1n) is 5.03. The van der Waals surface area contributed by atoms with Crippen molar-refractivity contribution >= 4 is 11.9 Å². The number of nitrogens with zero attached hydrogens (tertiary/aromatic N) is 1. The summed E-state index contributed by atoms with van der Waals surface area (Å²) in [6, 6.07) is 0. The van der Waals surface area contributed by atoms with E-state index < -0.39 is 12.6 Å². The summed E-state index contributed by atoms with van der Waals surface area (Å²) in [6.07, 6.45) is 0. The molecule has 0 fully saturated rings. The minimum atomic E-state index is -1.09. The van der Waals surface area contributed by atoms with Crippen molar-refractivity contribution in [3.8, 4) is 0 Å². The number of hydrogen-bond donors (Lipinski definition) is 3. The van der Waals surface area contributed by atoms with Gasteiger partial charge in [0.1, 0.15) is 13.2 Å². The maximum Gasteiger partial charge on any atom is 0.329 e. The average Bonchev–Trinajstić information content (AvgIpc) is 2.23. The van der Waals surface area contributed by atoms with Crippen molar-refractivity contribution in [2.24, 2.45) is 5.73 Å². The van der Waals surface area contributed by atoms with Gasteiger partial charge < -0.3 is 25.8 Å². The maximum atomic E-state index is 11.5. The van der Waals surface area contributed by atoms with Crippen molar-refractivity contribution < 1.29 is 19.4 Å². The summed E-state index contributed by atoms with van der Waals surface area (Å²) in [5, 5.41) is 11.2. The number of nitrogens with one attached hydrogen (secondary N) is 1. The Hall–Kier alpha value is -1.18. The van der Waals surface area contributed by atoms with Crippen LogP contribution < -0.4 is 11.1 Å². The van der Waals surface area contributed by atoms with E-state index in [4.69, 9.17) is 15.6 Å². The van der Waals surface area contributed by atoms with E-state index in [1.807, 2.05) is 0 Å². The Morgan fingerprint density at radius 1 is 1.38 bits per heavy atom. The van der Waals surface area contributed by atoms with Gasteiger partial charge in [0.05, 0.1) is 0 Å². The molecule has 0 aliphatic carbocycles. The molecule has 16 heavy (non-hydrogen) atoms. The highest BCUT2D eigenvalue weighted by Gasteiger charge is 2.12. The van der Waals surface area contributed by atoms with Gasteiger partial charge in [0, 0.05) is 26.2 Å². The van der Waals surface area contributed by atoms with E-state index in [1.54, 1.807) is 11.9 Å². The highest BCUT2D eigenvalue weighted by atomic mass is 16.5. The minimum Gasteiger partial charge on any atom is -0.480 e. The molecule has 7 heteroatoms. The summed E-state index contributed by atoms with van der Waals surface area (Å²) in [4.78, 5) is 23.3. The number of carboxylic acid groups (broad SMARTS) is 1. The van der Waals surface area contributed by atoms with Crippen molar-refractivity contribution in [3.63, 3.8) is 0 Å². The molecule has 0 aromatic heterocycles. The van der Waals surface area contributed by atoms with Crippen molar-refractivity contribution in [3.05, 3.63) is 0 Å². The van der Waals surface area contributed by atoms with E-state index in [1.165, 1.54) is 0 Å². The topological polar surface area (TPSA) is 105 Å². The molecule has 0 heterocycles. The lowest BCUT2D eigenvalue weighted by atomic mass is 10.4. The molecule has 7 nitrogen and oxygen atoms in total. The summed E-state index contributed by atoms with van der Waals surface area (Å²) >= 11 is 0. The fraction of sp³-hybridized carbons (Fsp3) is 0.778. The molecule has 94 valence electrons. The first-order chi connectivity index (χ1) is 7.61. The van der Waals surface area contributed by atoms with Gasteiger partial charge in [-0.25, -0.2) is 4.79 Å². The molecular formula is C9H19N3O4. The number of aliphatic carboxylic acids is 1. The molecule has 4 N–H and O–H groups in total. The monoisotopic (exact) mass is 233 g/mol. The number of hydrogen-bond acceptors (Lipinski definition) is 5. The molecule has 0 rings (SSSR count). The lowest BCUT2D eigenvalue weighted by Crippen LogP contribution is -2.41. The Labute approximate surface area is 94.5 Å². The average molecular weight is 233 g/mol. The molecule has 0 aliphatic rings. The Kier molecular flexibility index (Phi) is 8.41. The van der Waals surface area contributed by atoms with E-state index in [0.29, 0.717) is 26.2 Å². The number of amides is 1. The molecule has 0 spiro atoms. The smallest absolute Gasteiger partial charge is 0.329 e. The first kappa shape index (κ1) is 14.8. The molecule has 0 aromatic carbocycles. The zero-order chi connectivity index (χ0) is 12.4. The van der Waals surface area contributed by atoms with E-state index in [-0.39, 0.29) is 12.5 Å². The van der Waals surface area contributed by atoms with Crippen LogP contribution in [0.25, 0.3) is 0 Å². The van der Waals surface area contributed by atoms with Crippen LogP contribution in [0.1, 0.15) is 0 Å². The summed E-state index contributed by atoms with van der Waals surface area (Å²) in [5.41, 5.74) is 5.37. The van der Waals surface area contributed by atoms with E-state index >= 15 is 0 Å². The number of ether oxygens (including phenoxy) is 1. The number of nitrogens with two attached hydrogens (primary N) is 1. The molecule has 0 bridgehead atoms. The number of carbonyl (C=O) groups excluding carboxylic acids is 1. The molecule has 0 saturated carbocycles. The third-order valence-electron chi connectivity index (χ3n) is 1.83. The van der Waals surface area contributed by atoms with E-state index in [9.17, 15) is 9.59 Å². The molecular weight excluding hydrogens is 214 g/mol. The normalized spacial score (nSPS) is 10.1. The molecule has 0 atom stereocenters. The Morgan fingerprint density at radius 3 is 2.56 bits per heavy atom. The van der Waals surface area contributed by atoms with Crippen molar-refractivity contribution in [1.29, 1.82) is 0 Å². The number of carboxylic acids is 1. The Morgan fingerprint density at radius 2 is 2.06 bits per heavy atom. The molecule has 0 unspecified atom stereocenters. The zero-order valence-electron chi connectivity index (χ0n) is 9.44. The van der Waals surface area contributed by atoms with Crippen molar-refractivity contribution in [1.82, 2.24) is 10.2 Å². The first-order valence-corrected chi connectivity index (χ1v) is 5.03. The van der Waals surface area contributed by atoms with Gasteiger partial charge in [-0.2, -0.15) is 0 Å². The lowest BCUT2D eigenvalue weighted by Gasteiger charge is -2.21. The van der Waals surface area contributed by atoms with Gasteiger partial charge in [-0.15, -0.1) is 0 Å². The lowest BCUT2D eigenvalue weighted by molar-refractivity contribution is -0.145. The number of rotatable bonds is 9. The van der Waals surface area contributed by atoms with Gasteiger partial charge in [0.2, 0.25) is 5.91 Å². The second kappa shape index (κ2) is 9.08. The maximum absolute atomic E-state index is 11.5. The van der Waals surface area contributed by atoms with Crippen LogP contribution in [-0.4, -0.2) is 68.3 Å². The Bertz CT molecular complexity index is 223. The fourth-order valence-electron chi connectivity index (χ4n) is 1.08. The molecule has 0 aromatic rings. The van der Waals surface area contributed by atoms with Gasteiger partial charge >= 0.3 is 5.97 Å². The molecule has 0 saturated heterocycles. The predicted molar refractivity (Wildman–Crippen MR) is 58.0 cm³/mol. The van der Waals surface area contributed by atoms with Crippen LogP contribution >= 0.6 is 0 Å². The Balaban J connectivity index is 3.90. The number of carbonyl (C=O) groups is 2.